The Morgan fingerprint density at radius 1 is 1.03 bits per heavy atom. The number of hydrogen-bond acceptors (Lipinski definition) is 9. The molecule has 0 saturated heterocycles. The Morgan fingerprint density at radius 2 is 1.59 bits per heavy atom. The Hall–Kier alpha value is -3.63. The van der Waals surface area contributed by atoms with Gasteiger partial charge in [-0.1, -0.05) is 0 Å². The summed E-state index contributed by atoms with van der Waals surface area (Å²) in [5, 5.41) is 9.32. The van der Waals surface area contributed by atoms with E-state index in [4.69, 9.17) is 24.1 Å². The topological polar surface area (TPSA) is 143 Å². The zero-order chi connectivity index (χ0) is 21.6. The first kappa shape index (κ1) is 21.7. The van der Waals surface area contributed by atoms with Crippen LogP contribution < -0.4 is 15.2 Å². The van der Waals surface area contributed by atoms with Gasteiger partial charge in [0.05, 0.1) is 30.8 Å². The van der Waals surface area contributed by atoms with Gasteiger partial charge in [-0.15, -0.1) is 0 Å². The van der Waals surface area contributed by atoms with Crippen molar-refractivity contribution >= 4 is 29.2 Å². The van der Waals surface area contributed by atoms with Gasteiger partial charge in [0.1, 0.15) is 0 Å². The number of nitrogens with zero attached hydrogens (tertiary/aromatic N) is 2. The van der Waals surface area contributed by atoms with Crippen molar-refractivity contribution in [2.24, 2.45) is 0 Å². The second-order valence-electron chi connectivity index (χ2n) is 5.66. The number of aromatic nitrogens is 2. The van der Waals surface area contributed by atoms with Gasteiger partial charge in [0.15, 0.2) is 11.5 Å². The van der Waals surface area contributed by atoms with Gasteiger partial charge < -0.3 is 24.1 Å². The summed E-state index contributed by atoms with van der Waals surface area (Å²) < 4.78 is 20.8. The smallest absolute Gasteiger partial charge is 0.481 e. The van der Waals surface area contributed by atoms with E-state index < -0.39 is 24.0 Å². The van der Waals surface area contributed by atoms with Crippen molar-refractivity contribution in [3.05, 3.63) is 28.3 Å². The van der Waals surface area contributed by atoms with Gasteiger partial charge >= 0.3 is 24.0 Å². The molecule has 1 aromatic heterocycles. The molecule has 0 atom stereocenters. The zero-order valence-corrected chi connectivity index (χ0v) is 16.1. The third-order valence-electron chi connectivity index (χ3n) is 3.70. The summed E-state index contributed by atoms with van der Waals surface area (Å²) in [5.41, 5.74) is -0.107. The van der Waals surface area contributed by atoms with Gasteiger partial charge in [0.2, 0.25) is 0 Å². The maximum Gasteiger partial charge on any atom is 0.513 e. The minimum atomic E-state index is -1.10. The fourth-order valence-corrected chi connectivity index (χ4v) is 2.49. The van der Waals surface area contributed by atoms with Crippen molar-refractivity contribution < 1.29 is 38.4 Å². The van der Waals surface area contributed by atoms with Crippen molar-refractivity contribution in [2.75, 3.05) is 13.2 Å². The molecule has 1 aromatic carbocycles. The Kier molecular flexibility index (Phi) is 7.12. The predicted molar refractivity (Wildman–Crippen MR) is 98.3 cm³/mol. The first-order valence-corrected chi connectivity index (χ1v) is 8.73. The molecule has 29 heavy (non-hydrogen) atoms. The number of aryl methyl sites for hydroxylation is 2. The van der Waals surface area contributed by atoms with Crippen LogP contribution in [0.1, 0.15) is 26.0 Å². The molecule has 2 rings (SSSR count). The molecule has 0 aliphatic carbocycles. The number of rotatable bonds is 7. The van der Waals surface area contributed by atoms with Gasteiger partial charge in [-0.25, -0.2) is 14.4 Å². The van der Waals surface area contributed by atoms with Crippen LogP contribution in [-0.2, 0) is 20.8 Å². The molecule has 0 unspecified atom stereocenters. The number of carbonyl (C=O) groups excluding carboxylic acids is 2. The lowest BCUT2D eigenvalue weighted by atomic mass is 10.1. The van der Waals surface area contributed by atoms with Gasteiger partial charge in [-0.05, 0) is 26.8 Å². The zero-order valence-electron chi connectivity index (χ0n) is 16.1. The third-order valence-corrected chi connectivity index (χ3v) is 3.70. The van der Waals surface area contributed by atoms with Gasteiger partial charge in [-0.2, -0.15) is 4.98 Å². The molecule has 0 amide bonds. The number of carbonyl (C=O) groups is 3. The molecule has 0 spiro atoms. The van der Waals surface area contributed by atoms with Crippen LogP contribution in [0, 0.1) is 6.92 Å². The van der Waals surface area contributed by atoms with E-state index in [0.717, 1.165) is 4.57 Å². The van der Waals surface area contributed by atoms with Gasteiger partial charge in [-0.3, -0.25) is 9.36 Å². The maximum atomic E-state index is 12.3. The van der Waals surface area contributed by atoms with E-state index in [9.17, 15) is 19.2 Å². The highest BCUT2D eigenvalue weighted by Crippen LogP contribution is 2.34. The average molecular weight is 408 g/mol. The van der Waals surface area contributed by atoms with Crippen LogP contribution in [0.15, 0.2) is 16.9 Å². The first-order valence-electron chi connectivity index (χ1n) is 8.73. The quantitative estimate of drug-likeness (QED) is 0.535. The van der Waals surface area contributed by atoms with Crippen molar-refractivity contribution in [1.29, 1.82) is 0 Å². The van der Waals surface area contributed by atoms with E-state index in [0.29, 0.717) is 11.1 Å². The van der Waals surface area contributed by atoms with Crippen molar-refractivity contribution in [3.8, 4) is 11.5 Å². The highest BCUT2D eigenvalue weighted by atomic mass is 16.7. The molecular weight excluding hydrogens is 388 g/mol. The monoisotopic (exact) mass is 408 g/mol. The molecular formula is C18H20N2O9. The summed E-state index contributed by atoms with van der Waals surface area (Å²) in [6.07, 6.45) is -2.40. The first-order chi connectivity index (χ1) is 13.8. The number of carboxylic acids is 1. The molecule has 11 nitrogen and oxygen atoms in total. The predicted octanol–water partition coefficient (Wildman–Crippen LogP) is 2.25. The fourth-order valence-electron chi connectivity index (χ4n) is 2.49. The Labute approximate surface area is 164 Å². The lowest BCUT2D eigenvalue weighted by Gasteiger charge is -2.15. The number of benzene rings is 1. The lowest BCUT2D eigenvalue weighted by molar-refractivity contribution is -0.137. The van der Waals surface area contributed by atoms with Crippen LogP contribution in [0.5, 0.6) is 11.5 Å². The third kappa shape index (κ3) is 5.43. The summed E-state index contributed by atoms with van der Waals surface area (Å²) in [7, 11) is 0. The summed E-state index contributed by atoms with van der Waals surface area (Å²) in [6, 6.07) is 2.62. The summed E-state index contributed by atoms with van der Waals surface area (Å²) in [6.45, 7) is 4.69. The van der Waals surface area contributed by atoms with Crippen LogP contribution in [0.25, 0.3) is 10.9 Å². The van der Waals surface area contributed by atoms with Crippen molar-refractivity contribution in [2.45, 2.75) is 33.7 Å². The number of aliphatic carboxylic acids is 1. The Bertz CT molecular complexity index is 997. The van der Waals surface area contributed by atoms with Crippen LogP contribution in [0.2, 0.25) is 0 Å². The Balaban J connectivity index is 2.64. The number of carboxylic acid groups (broad SMARTS) is 1. The molecule has 0 radical (unpaired) electrons. The lowest BCUT2D eigenvalue weighted by Crippen LogP contribution is -2.25. The van der Waals surface area contributed by atoms with Crippen LogP contribution in [0.3, 0.4) is 0 Å². The minimum absolute atomic E-state index is 0.0484. The number of hydrogen-bond donors (Lipinski definition) is 1. The summed E-state index contributed by atoms with van der Waals surface area (Å²) in [5.74, 6) is -1.47. The van der Waals surface area contributed by atoms with E-state index in [2.05, 4.69) is 4.98 Å². The maximum absolute atomic E-state index is 12.3. The average Bonchev–Trinajstić information content (AvgIpc) is 2.62. The van der Waals surface area contributed by atoms with Crippen molar-refractivity contribution in [3.63, 3.8) is 0 Å². The standard InChI is InChI=1S/C18H20N2O9/c1-4-26-17(24)28-13-8-11-10(3)19-16(23)20(7-6-15(21)22)12(11)9-14(13)29-18(25)27-5-2/h8-9H,4-7H2,1-3H3,(H,21,22). The molecule has 0 bridgehead atoms. The largest absolute Gasteiger partial charge is 0.513 e. The molecule has 0 aliphatic heterocycles. The molecule has 0 saturated carbocycles. The van der Waals surface area contributed by atoms with E-state index in [-0.39, 0.29) is 43.2 Å². The Morgan fingerprint density at radius 3 is 2.10 bits per heavy atom. The van der Waals surface area contributed by atoms with E-state index >= 15 is 0 Å². The van der Waals surface area contributed by atoms with Gasteiger partial charge in [0.25, 0.3) is 0 Å². The molecule has 2 aromatic rings. The highest BCUT2D eigenvalue weighted by molar-refractivity contribution is 5.87. The van der Waals surface area contributed by atoms with Crippen molar-refractivity contribution in [1.82, 2.24) is 9.55 Å². The second kappa shape index (κ2) is 9.53. The van der Waals surface area contributed by atoms with E-state index in [1.807, 2.05) is 0 Å². The normalized spacial score (nSPS) is 10.4. The van der Waals surface area contributed by atoms with Crippen LogP contribution >= 0.6 is 0 Å². The summed E-state index contributed by atoms with van der Waals surface area (Å²) >= 11 is 0. The molecule has 1 N–H and O–H groups in total. The molecule has 0 fully saturated rings. The van der Waals surface area contributed by atoms with Crippen LogP contribution in [-0.4, -0.2) is 46.2 Å². The second-order valence-corrected chi connectivity index (χ2v) is 5.66. The number of ether oxygens (including phenoxy) is 4. The van der Waals surface area contributed by atoms with E-state index in [1.54, 1.807) is 20.8 Å². The van der Waals surface area contributed by atoms with E-state index in [1.165, 1.54) is 12.1 Å². The summed E-state index contributed by atoms with van der Waals surface area (Å²) in [4.78, 5) is 50.6. The minimum Gasteiger partial charge on any atom is -0.481 e. The molecule has 156 valence electrons. The SMILES string of the molecule is CCOC(=O)Oc1cc2c(C)nc(=O)n(CCC(=O)O)c2cc1OC(=O)OCC. The number of fused-ring (bicyclic) bond motifs is 1. The van der Waals surface area contributed by atoms with Gasteiger partial charge in [0, 0.05) is 18.0 Å². The fraction of sp³-hybridized carbons (Fsp3) is 0.389. The molecule has 11 heteroatoms. The highest BCUT2D eigenvalue weighted by Gasteiger charge is 2.20. The molecule has 1 heterocycles. The molecule has 0 aliphatic rings. The van der Waals surface area contributed by atoms with Crippen LogP contribution in [0.4, 0.5) is 9.59 Å².